The minimum Gasteiger partial charge on any atom is -0.472 e. The van der Waals surface area contributed by atoms with Crippen LogP contribution in [0.5, 0.6) is 0 Å². The molecule has 0 bridgehead atoms. The zero-order valence-corrected chi connectivity index (χ0v) is 8.83. The maximum absolute atomic E-state index is 5.17. The zero-order chi connectivity index (χ0) is 9.80. The fourth-order valence-corrected chi connectivity index (χ4v) is 2.54. The third-order valence-corrected chi connectivity index (χ3v) is 3.36. The van der Waals surface area contributed by atoms with E-state index in [0.29, 0.717) is 12.0 Å². The van der Waals surface area contributed by atoms with E-state index in [4.69, 9.17) is 4.42 Å². The van der Waals surface area contributed by atoms with Gasteiger partial charge in [-0.25, -0.2) is 0 Å². The van der Waals surface area contributed by atoms with Crippen LogP contribution >= 0.6 is 0 Å². The maximum atomic E-state index is 5.17. The van der Waals surface area contributed by atoms with Crippen molar-refractivity contribution in [3.63, 3.8) is 0 Å². The molecule has 0 saturated heterocycles. The lowest BCUT2D eigenvalue weighted by Gasteiger charge is -2.23. The van der Waals surface area contributed by atoms with Gasteiger partial charge < -0.3 is 9.73 Å². The van der Waals surface area contributed by atoms with Crippen molar-refractivity contribution in [1.29, 1.82) is 0 Å². The van der Waals surface area contributed by atoms with Crippen LogP contribution < -0.4 is 5.32 Å². The first-order chi connectivity index (χ1) is 6.92. The van der Waals surface area contributed by atoms with Crippen LogP contribution in [0.3, 0.4) is 0 Å². The molecule has 1 N–H and O–H groups in total. The molecule has 2 unspecified atom stereocenters. The summed E-state index contributed by atoms with van der Waals surface area (Å²) in [7, 11) is 2.07. The highest BCUT2D eigenvalue weighted by Gasteiger charge is 2.24. The van der Waals surface area contributed by atoms with Gasteiger partial charge in [-0.3, -0.25) is 0 Å². The molecule has 0 aromatic carbocycles. The first kappa shape index (κ1) is 9.78. The van der Waals surface area contributed by atoms with Crippen molar-refractivity contribution in [2.75, 3.05) is 7.05 Å². The Bertz CT molecular complexity index is 255. The van der Waals surface area contributed by atoms with Crippen LogP contribution in [0, 0.1) is 0 Å². The van der Waals surface area contributed by atoms with E-state index in [1.54, 1.807) is 6.26 Å². The summed E-state index contributed by atoms with van der Waals surface area (Å²) < 4.78 is 5.17. The van der Waals surface area contributed by atoms with Crippen LogP contribution in [0.15, 0.2) is 23.0 Å². The Morgan fingerprint density at radius 2 is 2.14 bits per heavy atom. The molecule has 1 aliphatic carbocycles. The van der Waals surface area contributed by atoms with Gasteiger partial charge in [0.25, 0.3) is 0 Å². The Labute approximate surface area is 85.7 Å². The molecular formula is C12H19NO. The number of likely N-dealkylation sites (N-methyl/N-ethyl adjacent to an activating group) is 1. The van der Waals surface area contributed by atoms with Gasteiger partial charge in [-0.15, -0.1) is 0 Å². The van der Waals surface area contributed by atoms with Gasteiger partial charge in [0.1, 0.15) is 0 Å². The van der Waals surface area contributed by atoms with Crippen molar-refractivity contribution in [2.24, 2.45) is 0 Å². The molecule has 1 heterocycles. The largest absolute Gasteiger partial charge is 0.472 e. The maximum Gasteiger partial charge on any atom is 0.0937 e. The second-order valence-corrected chi connectivity index (χ2v) is 4.20. The van der Waals surface area contributed by atoms with Gasteiger partial charge in [-0.2, -0.15) is 0 Å². The molecule has 0 spiro atoms. The number of nitrogens with one attached hydrogen (secondary N) is 1. The molecule has 2 rings (SSSR count). The van der Waals surface area contributed by atoms with Crippen LogP contribution in [-0.2, 0) is 0 Å². The fourth-order valence-electron chi connectivity index (χ4n) is 2.54. The molecular weight excluding hydrogens is 174 g/mol. The first-order valence-electron chi connectivity index (χ1n) is 5.61. The Kier molecular flexibility index (Phi) is 3.25. The molecule has 2 heteroatoms. The molecule has 1 aromatic heterocycles. The molecule has 0 radical (unpaired) electrons. The van der Waals surface area contributed by atoms with E-state index in [0.717, 1.165) is 0 Å². The van der Waals surface area contributed by atoms with E-state index < -0.39 is 0 Å². The van der Waals surface area contributed by atoms with E-state index in [9.17, 15) is 0 Å². The third-order valence-electron chi connectivity index (χ3n) is 3.36. The van der Waals surface area contributed by atoms with E-state index in [1.165, 1.54) is 37.7 Å². The summed E-state index contributed by atoms with van der Waals surface area (Å²) >= 11 is 0. The minimum absolute atomic E-state index is 0.634. The van der Waals surface area contributed by atoms with Gasteiger partial charge >= 0.3 is 0 Å². The van der Waals surface area contributed by atoms with Gasteiger partial charge in [0.15, 0.2) is 0 Å². The lowest BCUT2D eigenvalue weighted by atomic mass is 9.89. The predicted octanol–water partition coefficient (Wildman–Crippen LogP) is 2.92. The molecule has 1 aliphatic rings. The van der Waals surface area contributed by atoms with Gasteiger partial charge in [-0.05, 0) is 31.5 Å². The lowest BCUT2D eigenvalue weighted by Crippen LogP contribution is -2.30. The van der Waals surface area contributed by atoms with Gasteiger partial charge in [0.05, 0.1) is 12.5 Å². The molecule has 14 heavy (non-hydrogen) atoms. The minimum atomic E-state index is 0.634. The quantitative estimate of drug-likeness (QED) is 0.730. The van der Waals surface area contributed by atoms with Crippen LogP contribution in [0.4, 0.5) is 0 Å². The van der Waals surface area contributed by atoms with Crippen molar-refractivity contribution in [2.45, 2.75) is 44.1 Å². The SMILES string of the molecule is CNC1CCCCCC1c1ccoc1. The summed E-state index contributed by atoms with van der Waals surface area (Å²) in [5.41, 5.74) is 1.37. The molecule has 2 atom stereocenters. The summed E-state index contributed by atoms with van der Waals surface area (Å²) in [6.45, 7) is 0. The topological polar surface area (TPSA) is 25.2 Å². The molecule has 1 aromatic rings. The monoisotopic (exact) mass is 193 g/mol. The van der Waals surface area contributed by atoms with Crippen molar-refractivity contribution in [1.82, 2.24) is 5.32 Å². The summed E-state index contributed by atoms with van der Waals surface area (Å²) in [6.07, 6.45) is 10.4. The standard InChI is InChI=1S/C12H19NO/c1-13-12-6-4-2-3-5-11(12)10-7-8-14-9-10/h7-9,11-13H,2-6H2,1H3. The normalized spacial score (nSPS) is 28.6. The second-order valence-electron chi connectivity index (χ2n) is 4.20. The highest BCUT2D eigenvalue weighted by atomic mass is 16.3. The summed E-state index contributed by atoms with van der Waals surface area (Å²) in [6, 6.07) is 2.75. The van der Waals surface area contributed by atoms with Gasteiger partial charge in [0.2, 0.25) is 0 Å². The predicted molar refractivity (Wildman–Crippen MR) is 57.4 cm³/mol. The molecule has 78 valence electrons. The number of hydrogen-bond acceptors (Lipinski definition) is 2. The van der Waals surface area contributed by atoms with E-state index in [2.05, 4.69) is 18.4 Å². The van der Waals surface area contributed by atoms with E-state index in [-0.39, 0.29) is 0 Å². The number of furan rings is 1. The van der Waals surface area contributed by atoms with Crippen molar-refractivity contribution >= 4 is 0 Å². The average molecular weight is 193 g/mol. The van der Waals surface area contributed by atoms with Crippen LogP contribution in [0.25, 0.3) is 0 Å². The van der Waals surface area contributed by atoms with Crippen molar-refractivity contribution in [3.8, 4) is 0 Å². The zero-order valence-electron chi connectivity index (χ0n) is 8.83. The van der Waals surface area contributed by atoms with Crippen molar-refractivity contribution in [3.05, 3.63) is 24.2 Å². The molecule has 0 aliphatic heterocycles. The Morgan fingerprint density at radius 3 is 2.86 bits per heavy atom. The summed E-state index contributed by atoms with van der Waals surface area (Å²) in [5.74, 6) is 0.654. The number of hydrogen-bond donors (Lipinski definition) is 1. The van der Waals surface area contributed by atoms with Crippen LogP contribution in [0.2, 0.25) is 0 Å². The number of rotatable bonds is 2. The Morgan fingerprint density at radius 1 is 1.29 bits per heavy atom. The van der Waals surface area contributed by atoms with E-state index >= 15 is 0 Å². The first-order valence-corrected chi connectivity index (χ1v) is 5.61. The fraction of sp³-hybridized carbons (Fsp3) is 0.667. The van der Waals surface area contributed by atoms with Gasteiger partial charge in [-0.1, -0.05) is 19.3 Å². The van der Waals surface area contributed by atoms with Crippen molar-refractivity contribution < 1.29 is 4.42 Å². The molecule has 1 fully saturated rings. The summed E-state index contributed by atoms with van der Waals surface area (Å²) in [4.78, 5) is 0. The average Bonchev–Trinajstić information content (AvgIpc) is 2.63. The molecule has 2 nitrogen and oxygen atoms in total. The molecule has 0 amide bonds. The lowest BCUT2D eigenvalue weighted by molar-refractivity contribution is 0.435. The molecule has 1 saturated carbocycles. The summed E-state index contributed by atoms with van der Waals surface area (Å²) in [5, 5.41) is 3.44. The third kappa shape index (κ3) is 2.01. The second kappa shape index (κ2) is 4.65. The van der Waals surface area contributed by atoms with E-state index in [1.807, 2.05) is 6.26 Å². The van der Waals surface area contributed by atoms with Crippen LogP contribution in [-0.4, -0.2) is 13.1 Å². The van der Waals surface area contributed by atoms with Crippen LogP contribution in [0.1, 0.15) is 43.6 Å². The highest BCUT2D eigenvalue weighted by Crippen LogP contribution is 2.31. The Hall–Kier alpha value is -0.760. The smallest absolute Gasteiger partial charge is 0.0937 e. The van der Waals surface area contributed by atoms with Gasteiger partial charge in [0, 0.05) is 12.0 Å². The highest BCUT2D eigenvalue weighted by molar-refractivity contribution is 5.15. The Balaban J connectivity index is 2.12.